The van der Waals surface area contributed by atoms with E-state index in [-0.39, 0.29) is 5.91 Å². The Kier molecular flexibility index (Phi) is 3.94. The van der Waals surface area contributed by atoms with E-state index in [1.54, 1.807) is 11.8 Å². The van der Waals surface area contributed by atoms with Crippen molar-refractivity contribution in [3.63, 3.8) is 0 Å². The Bertz CT molecular complexity index is 278. The van der Waals surface area contributed by atoms with Gasteiger partial charge < -0.3 is 10.0 Å². The number of rotatable bonds is 3. The number of carbonyl (C=O) groups is 2. The molecule has 0 spiro atoms. The predicted molar refractivity (Wildman–Crippen MR) is 61.0 cm³/mol. The molecule has 1 N–H and O–H groups in total. The molecule has 0 unspecified atom stereocenters. The average Bonchev–Trinajstić information content (AvgIpc) is 2.17. The molecule has 1 amide bonds. The van der Waals surface area contributed by atoms with E-state index in [1.807, 2.05) is 13.8 Å². The first-order valence-electron chi connectivity index (χ1n) is 5.86. The lowest BCUT2D eigenvalue weighted by molar-refractivity contribution is -0.153. The predicted octanol–water partition coefficient (Wildman–Crippen LogP) is 1.75. The molecule has 1 heterocycles. The van der Waals surface area contributed by atoms with Crippen LogP contribution in [-0.4, -0.2) is 35.0 Å². The summed E-state index contributed by atoms with van der Waals surface area (Å²) in [5, 5.41) is 9.06. The third-order valence-corrected chi connectivity index (χ3v) is 3.32. The summed E-state index contributed by atoms with van der Waals surface area (Å²) >= 11 is 0. The van der Waals surface area contributed by atoms with E-state index in [0.717, 1.165) is 0 Å². The van der Waals surface area contributed by atoms with Crippen LogP contribution in [0.1, 0.15) is 40.0 Å². The molecule has 92 valence electrons. The van der Waals surface area contributed by atoms with Crippen LogP contribution in [0.2, 0.25) is 0 Å². The molecule has 16 heavy (non-hydrogen) atoms. The topological polar surface area (TPSA) is 57.6 Å². The molecule has 1 saturated heterocycles. The lowest BCUT2D eigenvalue weighted by Crippen LogP contribution is -2.45. The van der Waals surface area contributed by atoms with Crippen LogP contribution in [0.25, 0.3) is 0 Å². The maximum Gasteiger partial charge on any atom is 0.309 e. The number of hydrogen-bond donors (Lipinski definition) is 1. The van der Waals surface area contributed by atoms with E-state index in [2.05, 4.69) is 0 Å². The zero-order chi connectivity index (χ0) is 12.3. The number of carboxylic acids is 1. The second-order valence-electron chi connectivity index (χ2n) is 5.34. The van der Waals surface area contributed by atoms with Gasteiger partial charge in [-0.15, -0.1) is 0 Å². The Balaban J connectivity index is 2.49. The second kappa shape index (κ2) is 4.85. The summed E-state index contributed by atoms with van der Waals surface area (Å²) in [6.07, 6.45) is 1.68. The molecule has 1 fully saturated rings. The van der Waals surface area contributed by atoms with E-state index < -0.39 is 11.4 Å². The summed E-state index contributed by atoms with van der Waals surface area (Å²) < 4.78 is 0. The third-order valence-electron chi connectivity index (χ3n) is 3.32. The zero-order valence-electron chi connectivity index (χ0n) is 10.3. The quantitative estimate of drug-likeness (QED) is 0.799. The number of carbonyl (C=O) groups excluding carboxylic acids is 1. The van der Waals surface area contributed by atoms with Gasteiger partial charge in [0.2, 0.25) is 5.91 Å². The van der Waals surface area contributed by atoms with Gasteiger partial charge in [-0.25, -0.2) is 0 Å². The van der Waals surface area contributed by atoms with Crippen molar-refractivity contribution in [3.8, 4) is 0 Å². The van der Waals surface area contributed by atoms with Crippen molar-refractivity contribution in [3.05, 3.63) is 0 Å². The van der Waals surface area contributed by atoms with Crippen molar-refractivity contribution in [2.75, 3.05) is 13.1 Å². The highest BCUT2D eigenvalue weighted by molar-refractivity contribution is 5.78. The first-order valence-corrected chi connectivity index (χ1v) is 5.86. The first-order chi connectivity index (χ1) is 7.35. The summed E-state index contributed by atoms with van der Waals surface area (Å²) in [6, 6.07) is 0. The molecule has 4 heteroatoms. The number of hydrogen-bond acceptors (Lipinski definition) is 2. The molecule has 0 radical (unpaired) electrons. The molecule has 0 aromatic heterocycles. The highest BCUT2D eigenvalue weighted by Crippen LogP contribution is 2.31. The van der Waals surface area contributed by atoms with Crippen LogP contribution in [0.4, 0.5) is 0 Å². The van der Waals surface area contributed by atoms with Crippen molar-refractivity contribution in [2.45, 2.75) is 40.0 Å². The SMILES string of the molecule is CC(C)CC(=O)N1CCC(C)(C(=O)O)CC1. The Labute approximate surface area is 96.6 Å². The smallest absolute Gasteiger partial charge is 0.309 e. The van der Waals surface area contributed by atoms with Crippen LogP contribution in [0, 0.1) is 11.3 Å². The number of likely N-dealkylation sites (tertiary alicyclic amines) is 1. The molecule has 1 aliphatic rings. The van der Waals surface area contributed by atoms with Gasteiger partial charge in [0.15, 0.2) is 0 Å². The van der Waals surface area contributed by atoms with Gasteiger partial charge in [-0.2, -0.15) is 0 Å². The maximum atomic E-state index is 11.8. The van der Waals surface area contributed by atoms with Gasteiger partial charge in [0.1, 0.15) is 0 Å². The molecule has 4 nitrogen and oxygen atoms in total. The number of aliphatic carboxylic acids is 1. The van der Waals surface area contributed by atoms with Crippen LogP contribution >= 0.6 is 0 Å². The molecular weight excluding hydrogens is 206 g/mol. The fourth-order valence-corrected chi connectivity index (χ4v) is 1.94. The van der Waals surface area contributed by atoms with Crippen molar-refractivity contribution in [1.82, 2.24) is 4.90 Å². The van der Waals surface area contributed by atoms with Crippen LogP contribution in [0.15, 0.2) is 0 Å². The van der Waals surface area contributed by atoms with Crippen LogP contribution < -0.4 is 0 Å². The molecule has 0 bridgehead atoms. The second-order valence-corrected chi connectivity index (χ2v) is 5.34. The summed E-state index contributed by atoms with van der Waals surface area (Å²) in [7, 11) is 0. The lowest BCUT2D eigenvalue weighted by atomic mass is 9.80. The van der Waals surface area contributed by atoms with Crippen LogP contribution in [0.5, 0.6) is 0 Å². The highest BCUT2D eigenvalue weighted by Gasteiger charge is 2.37. The highest BCUT2D eigenvalue weighted by atomic mass is 16.4. The normalized spacial score (nSPS) is 19.9. The van der Waals surface area contributed by atoms with Crippen molar-refractivity contribution < 1.29 is 14.7 Å². The summed E-state index contributed by atoms with van der Waals surface area (Å²) in [5.41, 5.74) is -0.644. The van der Waals surface area contributed by atoms with Crippen molar-refractivity contribution in [1.29, 1.82) is 0 Å². The van der Waals surface area contributed by atoms with E-state index in [4.69, 9.17) is 5.11 Å². The monoisotopic (exact) mass is 227 g/mol. The Hall–Kier alpha value is -1.06. The van der Waals surface area contributed by atoms with Crippen LogP contribution in [-0.2, 0) is 9.59 Å². The largest absolute Gasteiger partial charge is 0.481 e. The number of nitrogens with zero attached hydrogens (tertiary/aromatic N) is 1. The zero-order valence-corrected chi connectivity index (χ0v) is 10.3. The summed E-state index contributed by atoms with van der Waals surface area (Å²) in [6.45, 7) is 6.95. The minimum Gasteiger partial charge on any atom is -0.481 e. The molecule has 0 atom stereocenters. The third kappa shape index (κ3) is 2.97. The van der Waals surface area contributed by atoms with E-state index >= 15 is 0 Å². The van der Waals surface area contributed by atoms with E-state index in [0.29, 0.717) is 38.3 Å². The first kappa shape index (κ1) is 13.0. The van der Waals surface area contributed by atoms with Crippen LogP contribution in [0.3, 0.4) is 0 Å². The Morgan fingerprint density at radius 1 is 1.31 bits per heavy atom. The number of amides is 1. The van der Waals surface area contributed by atoms with E-state index in [9.17, 15) is 9.59 Å². The van der Waals surface area contributed by atoms with Gasteiger partial charge in [-0.1, -0.05) is 13.8 Å². The lowest BCUT2D eigenvalue weighted by Gasteiger charge is -2.36. The molecule has 1 aliphatic heterocycles. The maximum absolute atomic E-state index is 11.8. The van der Waals surface area contributed by atoms with Crippen molar-refractivity contribution in [2.24, 2.45) is 11.3 Å². The standard InChI is InChI=1S/C12H21NO3/c1-9(2)8-10(14)13-6-4-12(3,5-7-13)11(15)16/h9H,4-8H2,1-3H3,(H,15,16). The minimum absolute atomic E-state index is 0.155. The fourth-order valence-electron chi connectivity index (χ4n) is 1.94. The average molecular weight is 227 g/mol. The van der Waals surface area contributed by atoms with Gasteiger partial charge in [-0.05, 0) is 25.7 Å². The van der Waals surface area contributed by atoms with Gasteiger partial charge in [-0.3, -0.25) is 9.59 Å². The summed E-state index contributed by atoms with van der Waals surface area (Å²) in [5.74, 6) is -0.230. The van der Waals surface area contributed by atoms with Crippen molar-refractivity contribution >= 4 is 11.9 Å². The molecule has 0 aromatic rings. The van der Waals surface area contributed by atoms with Gasteiger partial charge in [0.25, 0.3) is 0 Å². The van der Waals surface area contributed by atoms with Gasteiger partial charge in [0, 0.05) is 19.5 Å². The molecule has 0 aliphatic carbocycles. The molecule has 1 rings (SSSR count). The summed E-state index contributed by atoms with van der Waals surface area (Å²) in [4.78, 5) is 24.6. The van der Waals surface area contributed by atoms with Gasteiger partial charge >= 0.3 is 5.97 Å². The molecule has 0 aromatic carbocycles. The Morgan fingerprint density at radius 3 is 2.19 bits per heavy atom. The molecular formula is C12H21NO3. The minimum atomic E-state index is -0.747. The van der Waals surface area contributed by atoms with E-state index in [1.165, 1.54) is 0 Å². The number of piperidine rings is 1. The Morgan fingerprint density at radius 2 is 1.81 bits per heavy atom. The number of carboxylic acid groups (broad SMARTS) is 1. The fraction of sp³-hybridized carbons (Fsp3) is 0.833. The van der Waals surface area contributed by atoms with Gasteiger partial charge in [0.05, 0.1) is 5.41 Å². The molecule has 0 saturated carbocycles.